The molecular formula is C14H18ClN3. The van der Waals surface area contributed by atoms with E-state index in [1.54, 1.807) is 0 Å². The van der Waals surface area contributed by atoms with Crippen molar-refractivity contribution in [3.05, 3.63) is 53.1 Å². The summed E-state index contributed by atoms with van der Waals surface area (Å²) >= 11 is 5.87. The Bertz CT molecular complexity index is 490. The van der Waals surface area contributed by atoms with Crippen molar-refractivity contribution < 1.29 is 0 Å². The highest BCUT2D eigenvalue weighted by molar-refractivity contribution is 6.30. The number of aryl methyl sites for hydroxylation is 1. The molecule has 0 radical (unpaired) electrons. The lowest BCUT2D eigenvalue weighted by Gasteiger charge is -2.14. The first-order valence-electron chi connectivity index (χ1n) is 6.12. The molecule has 1 aromatic carbocycles. The molecular weight excluding hydrogens is 246 g/mol. The van der Waals surface area contributed by atoms with E-state index in [1.807, 2.05) is 31.6 Å². The third-order valence-electron chi connectivity index (χ3n) is 3.09. The van der Waals surface area contributed by atoms with E-state index in [0.29, 0.717) is 6.04 Å². The molecule has 2 rings (SSSR count). The van der Waals surface area contributed by atoms with Gasteiger partial charge in [-0.2, -0.15) is 0 Å². The molecule has 0 spiro atoms. The molecule has 0 fully saturated rings. The molecule has 0 aliphatic rings. The topological polar surface area (TPSA) is 29.9 Å². The number of nitrogens with zero attached hydrogens (tertiary/aromatic N) is 2. The fourth-order valence-corrected chi connectivity index (χ4v) is 2.03. The Morgan fingerprint density at radius 1 is 1.33 bits per heavy atom. The summed E-state index contributed by atoms with van der Waals surface area (Å²) in [5.41, 5.74) is 1.25. The van der Waals surface area contributed by atoms with E-state index in [1.165, 1.54) is 5.56 Å². The number of benzene rings is 1. The first-order chi connectivity index (χ1) is 8.66. The van der Waals surface area contributed by atoms with Gasteiger partial charge in [0.25, 0.3) is 0 Å². The van der Waals surface area contributed by atoms with Crippen molar-refractivity contribution in [1.82, 2.24) is 14.9 Å². The van der Waals surface area contributed by atoms with Crippen LogP contribution in [0.2, 0.25) is 5.02 Å². The van der Waals surface area contributed by atoms with Gasteiger partial charge >= 0.3 is 0 Å². The monoisotopic (exact) mass is 263 g/mol. The van der Waals surface area contributed by atoms with Crippen molar-refractivity contribution in [3.63, 3.8) is 0 Å². The molecule has 0 saturated heterocycles. The van der Waals surface area contributed by atoms with Crippen LogP contribution < -0.4 is 5.32 Å². The smallest absolute Gasteiger partial charge is 0.109 e. The molecule has 1 heterocycles. The predicted molar refractivity (Wildman–Crippen MR) is 74.8 cm³/mol. The van der Waals surface area contributed by atoms with E-state index in [9.17, 15) is 0 Å². The van der Waals surface area contributed by atoms with Crippen LogP contribution in [-0.4, -0.2) is 16.1 Å². The zero-order valence-electron chi connectivity index (χ0n) is 10.7. The van der Waals surface area contributed by atoms with Crippen LogP contribution in [0, 0.1) is 0 Å². The quantitative estimate of drug-likeness (QED) is 0.899. The first-order valence-corrected chi connectivity index (χ1v) is 6.49. The number of rotatable bonds is 5. The highest BCUT2D eigenvalue weighted by Crippen LogP contribution is 2.15. The average molecular weight is 264 g/mol. The minimum atomic E-state index is 0.322. The van der Waals surface area contributed by atoms with E-state index < -0.39 is 0 Å². The van der Waals surface area contributed by atoms with Crippen LogP contribution in [0.3, 0.4) is 0 Å². The highest BCUT2D eigenvalue weighted by atomic mass is 35.5. The second-order valence-corrected chi connectivity index (χ2v) is 4.87. The molecule has 2 aromatic rings. The second-order valence-electron chi connectivity index (χ2n) is 4.43. The third kappa shape index (κ3) is 3.34. The number of nitrogens with one attached hydrogen (secondary N) is 1. The maximum Gasteiger partial charge on any atom is 0.109 e. The minimum Gasteiger partial charge on any atom is -0.338 e. The van der Waals surface area contributed by atoms with E-state index in [2.05, 4.69) is 33.9 Å². The standard InChI is InChI=1S/C14H18ClN3/c1-11(12-3-5-13(15)6-4-12)16-8-7-14-17-9-10-18(14)2/h3-6,9-11,16H,7-8H2,1-2H3/t11-/m0/s1. The van der Waals surface area contributed by atoms with Gasteiger partial charge < -0.3 is 9.88 Å². The molecule has 0 aliphatic heterocycles. The van der Waals surface area contributed by atoms with E-state index in [4.69, 9.17) is 11.6 Å². The van der Waals surface area contributed by atoms with Crippen LogP contribution in [-0.2, 0) is 13.5 Å². The summed E-state index contributed by atoms with van der Waals surface area (Å²) in [6.45, 7) is 3.07. The van der Waals surface area contributed by atoms with Crippen molar-refractivity contribution in [3.8, 4) is 0 Å². The third-order valence-corrected chi connectivity index (χ3v) is 3.34. The fourth-order valence-electron chi connectivity index (χ4n) is 1.91. The molecule has 96 valence electrons. The van der Waals surface area contributed by atoms with Crippen molar-refractivity contribution in [2.75, 3.05) is 6.54 Å². The lowest BCUT2D eigenvalue weighted by Crippen LogP contribution is -2.22. The second kappa shape index (κ2) is 6.03. The average Bonchev–Trinajstić information content (AvgIpc) is 2.76. The van der Waals surface area contributed by atoms with Gasteiger partial charge in [0.15, 0.2) is 0 Å². The van der Waals surface area contributed by atoms with Crippen LogP contribution in [0.25, 0.3) is 0 Å². The Balaban J connectivity index is 1.83. The lowest BCUT2D eigenvalue weighted by molar-refractivity contribution is 0.565. The number of halogens is 1. The molecule has 1 atom stereocenters. The highest BCUT2D eigenvalue weighted by Gasteiger charge is 2.05. The van der Waals surface area contributed by atoms with Crippen LogP contribution in [0.1, 0.15) is 24.4 Å². The largest absolute Gasteiger partial charge is 0.338 e. The summed E-state index contributed by atoms with van der Waals surface area (Å²) in [5, 5.41) is 4.26. The van der Waals surface area contributed by atoms with Gasteiger partial charge in [-0.05, 0) is 24.6 Å². The van der Waals surface area contributed by atoms with Gasteiger partial charge in [0.2, 0.25) is 0 Å². The summed E-state index contributed by atoms with van der Waals surface area (Å²) in [5.74, 6) is 1.10. The zero-order chi connectivity index (χ0) is 13.0. The normalized spacial score (nSPS) is 12.6. The van der Waals surface area contributed by atoms with Crippen molar-refractivity contribution in [1.29, 1.82) is 0 Å². The van der Waals surface area contributed by atoms with E-state index in [-0.39, 0.29) is 0 Å². The molecule has 0 saturated carbocycles. The lowest BCUT2D eigenvalue weighted by atomic mass is 10.1. The Hall–Kier alpha value is -1.32. The van der Waals surface area contributed by atoms with Gasteiger partial charge in [-0.1, -0.05) is 23.7 Å². The SMILES string of the molecule is C[C@H](NCCc1nccn1C)c1ccc(Cl)cc1. The number of imidazole rings is 1. The fraction of sp³-hybridized carbons (Fsp3) is 0.357. The zero-order valence-corrected chi connectivity index (χ0v) is 11.5. The summed E-state index contributed by atoms with van der Waals surface area (Å²) in [6, 6.07) is 8.28. The van der Waals surface area contributed by atoms with Crippen molar-refractivity contribution >= 4 is 11.6 Å². The number of aromatic nitrogens is 2. The Kier molecular flexibility index (Phi) is 4.39. The van der Waals surface area contributed by atoms with Gasteiger partial charge in [0.05, 0.1) is 0 Å². The van der Waals surface area contributed by atoms with Gasteiger partial charge in [0, 0.05) is 43.5 Å². The van der Waals surface area contributed by atoms with Crippen LogP contribution in [0.5, 0.6) is 0 Å². The van der Waals surface area contributed by atoms with Gasteiger partial charge in [0.1, 0.15) is 5.82 Å². The predicted octanol–water partition coefficient (Wildman–Crippen LogP) is 2.97. The van der Waals surface area contributed by atoms with Crippen LogP contribution >= 0.6 is 11.6 Å². The molecule has 18 heavy (non-hydrogen) atoms. The van der Waals surface area contributed by atoms with Crippen molar-refractivity contribution in [2.24, 2.45) is 7.05 Å². The minimum absolute atomic E-state index is 0.322. The molecule has 0 bridgehead atoms. The summed E-state index contributed by atoms with van der Waals surface area (Å²) in [4.78, 5) is 4.30. The molecule has 1 N–H and O–H groups in total. The maximum atomic E-state index is 5.87. The van der Waals surface area contributed by atoms with E-state index >= 15 is 0 Å². The Morgan fingerprint density at radius 3 is 2.67 bits per heavy atom. The number of hydrogen-bond donors (Lipinski definition) is 1. The molecule has 3 nitrogen and oxygen atoms in total. The van der Waals surface area contributed by atoms with Gasteiger partial charge in [-0.15, -0.1) is 0 Å². The summed E-state index contributed by atoms with van der Waals surface area (Å²) in [7, 11) is 2.02. The number of hydrogen-bond acceptors (Lipinski definition) is 2. The Labute approximate surface area is 113 Å². The van der Waals surface area contributed by atoms with Gasteiger partial charge in [-0.25, -0.2) is 4.98 Å². The van der Waals surface area contributed by atoms with Gasteiger partial charge in [-0.3, -0.25) is 0 Å². The van der Waals surface area contributed by atoms with Crippen LogP contribution in [0.15, 0.2) is 36.7 Å². The first kappa shape index (κ1) is 13.1. The molecule has 1 aromatic heterocycles. The molecule has 0 aliphatic carbocycles. The van der Waals surface area contributed by atoms with Crippen molar-refractivity contribution in [2.45, 2.75) is 19.4 Å². The molecule has 0 amide bonds. The Morgan fingerprint density at radius 2 is 2.06 bits per heavy atom. The summed E-state index contributed by atoms with van der Waals surface area (Å²) < 4.78 is 2.05. The van der Waals surface area contributed by atoms with E-state index in [0.717, 1.165) is 23.8 Å². The van der Waals surface area contributed by atoms with Crippen LogP contribution in [0.4, 0.5) is 0 Å². The maximum absolute atomic E-state index is 5.87. The molecule has 0 unspecified atom stereocenters. The molecule has 4 heteroatoms. The summed E-state index contributed by atoms with van der Waals surface area (Å²) in [6.07, 6.45) is 4.73.